The van der Waals surface area contributed by atoms with Crippen molar-refractivity contribution >= 4 is 22.8 Å². The first kappa shape index (κ1) is 14.5. The van der Waals surface area contributed by atoms with Gasteiger partial charge in [-0.1, -0.05) is 0 Å². The fourth-order valence-electron chi connectivity index (χ4n) is 3.18. The molecule has 3 aromatic rings. The molecule has 4 heterocycles. The highest BCUT2D eigenvalue weighted by Gasteiger charge is 2.31. The Morgan fingerprint density at radius 1 is 1.26 bits per heavy atom. The SMILES string of the molecule is CC1CC(c2ccsc2)CN1c1ccc2nnc(C(F)F)n2n1. The van der Waals surface area contributed by atoms with E-state index in [1.807, 2.05) is 6.07 Å². The molecular formula is C15H15F2N5S. The van der Waals surface area contributed by atoms with E-state index in [0.29, 0.717) is 23.4 Å². The Hall–Kier alpha value is -2.09. The number of hydrogen-bond acceptors (Lipinski definition) is 5. The number of hydrogen-bond donors (Lipinski definition) is 0. The lowest BCUT2D eigenvalue weighted by molar-refractivity contribution is 0.137. The maximum atomic E-state index is 13.0. The van der Waals surface area contributed by atoms with Gasteiger partial charge in [-0.25, -0.2) is 8.78 Å². The number of fused-ring (bicyclic) bond motifs is 1. The zero-order valence-electron chi connectivity index (χ0n) is 12.4. The second-order valence-electron chi connectivity index (χ2n) is 5.81. The van der Waals surface area contributed by atoms with E-state index in [2.05, 4.69) is 43.9 Å². The van der Waals surface area contributed by atoms with Gasteiger partial charge < -0.3 is 4.90 Å². The summed E-state index contributed by atoms with van der Waals surface area (Å²) in [5, 5.41) is 15.9. The summed E-state index contributed by atoms with van der Waals surface area (Å²) in [4.78, 5) is 2.16. The van der Waals surface area contributed by atoms with Gasteiger partial charge in [0.2, 0.25) is 5.82 Å². The Bertz CT molecular complexity index is 817. The molecule has 0 aliphatic carbocycles. The molecule has 1 saturated heterocycles. The normalized spacial score (nSPS) is 21.7. The molecule has 1 aliphatic heterocycles. The van der Waals surface area contributed by atoms with Gasteiger partial charge in [0.05, 0.1) is 0 Å². The minimum atomic E-state index is -2.69. The monoisotopic (exact) mass is 335 g/mol. The lowest BCUT2D eigenvalue weighted by Crippen LogP contribution is -2.28. The van der Waals surface area contributed by atoms with Crippen LogP contribution in [0.4, 0.5) is 14.6 Å². The van der Waals surface area contributed by atoms with E-state index in [1.54, 1.807) is 17.4 Å². The van der Waals surface area contributed by atoms with Crippen LogP contribution in [0.5, 0.6) is 0 Å². The molecule has 0 aromatic carbocycles. The van der Waals surface area contributed by atoms with Crippen LogP contribution in [-0.4, -0.2) is 32.4 Å². The molecule has 23 heavy (non-hydrogen) atoms. The Labute approximate surface area is 135 Å². The molecule has 2 atom stereocenters. The van der Waals surface area contributed by atoms with E-state index < -0.39 is 12.2 Å². The third kappa shape index (κ3) is 2.46. The van der Waals surface area contributed by atoms with E-state index in [4.69, 9.17) is 0 Å². The van der Waals surface area contributed by atoms with Crippen molar-refractivity contribution in [2.45, 2.75) is 31.7 Å². The molecule has 1 fully saturated rings. The number of halogens is 2. The average Bonchev–Trinajstić information content (AvgIpc) is 3.25. The van der Waals surface area contributed by atoms with E-state index >= 15 is 0 Å². The number of thiophene rings is 1. The van der Waals surface area contributed by atoms with Crippen LogP contribution in [0.25, 0.3) is 5.65 Å². The number of alkyl halides is 2. The predicted octanol–water partition coefficient (Wildman–Crippen LogP) is 3.51. The Morgan fingerprint density at radius 2 is 2.13 bits per heavy atom. The van der Waals surface area contributed by atoms with Gasteiger partial charge in [-0.2, -0.15) is 15.9 Å². The highest BCUT2D eigenvalue weighted by Crippen LogP contribution is 2.35. The van der Waals surface area contributed by atoms with Gasteiger partial charge in [0.1, 0.15) is 5.82 Å². The van der Waals surface area contributed by atoms with E-state index in [9.17, 15) is 8.78 Å². The van der Waals surface area contributed by atoms with Gasteiger partial charge >= 0.3 is 0 Å². The largest absolute Gasteiger partial charge is 0.352 e. The molecule has 0 N–H and O–H groups in total. The number of nitrogens with zero attached hydrogens (tertiary/aromatic N) is 5. The first-order valence-corrected chi connectivity index (χ1v) is 8.37. The minimum Gasteiger partial charge on any atom is -0.352 e. The molecule has 5 nitrogen and oxygen atoms in total. The van der Waals surface area contributed by atoms with Crippen molar-refractivity contribution < 1.29 is 8.78 Å². The van der Waals surface area contributed by atoms with E-state index in [0.717, 1.165) is 17.5 Å². The summed E-state index contributed by atoms with van der Waals surface area (Å²) in [6, 6.07) is 5.96. The smallest absolute Gasteiger partial charge is 0.299 e. The Balaban J connectivity index is 1.67. The molecule has 0 spiro atoms. The van der Waals surface area contributed by atoms with Gasteiger partial charge in [0.25, 0.3) is 6.43 Å². The van der Waals surface area contributed by atoms with Gasteiger partial charge in [-0.3, -0.25) is 0 Å². The van der Waals surface area contributed by atoms with Crippen LogP contribution in [0.2, 0.25) is 0 Å². The molecule has 0 radical (unpaired) electrons. The van der Waals surface area contributed by atoms with Gasteiger partial charge in [0.15, 0.2) is 5.65 Å². The van der Waals surface area contributed by atoms with Crippen LogP contribution in [0.3, 0.4) is 0 Å². The van der Waals surface area contributed by atoms with Crippen LogP contribution in [0, 0.1) is 0 Å². The van der Waals surface area contributed by atoms with Crippen molar-refractivity contribution in [1.82, 2.24) is 19.8 Å². The molecular weight excluding hydrogens is 320 g/mol. The molecule has 0 bridgehead atoms. The summed E-state index contributed by atoms with van der Waals surface area (Å²) in [6.07, 6.45) is -1.66. The summed E-state index contributed by atoms with van der Waals surface area (Å²) in [6.45, 7) is 2.97. The van der Waals surface area contributed by atoms with Crippen LogP contribution in [0.1, 0.15) is 37.1 Å². The fourth-order valence-corrected chi connectivity index (χ4v) is 3.93. The highest BCUT2D eigenvalue weighted by atomic mass is 32.1. The standard InChI is InChI=1S/C15H15F2N5S/c1-9-6-11(10-4-5-23-8-10)7-21(9)13-3-2-12-18-19-15(14(16)17)22(12)20-13/h2-5,8-9,11,14H,6-7H2,1H3. The summed E-state index contributed by atoms with van der Waals surface area (Å²) < 4.78 is 27.1. The van der Waals surface area contributed by atoms with E-state index in [-0.39, 0.29) is 0 Å². The average molecular weight is 335 g/mol. The summed E-state index contributed by atoms with van der Waals surface area (Å²) in [5.74, 6) is 0.719. The molecule has 120 valence electrons. The zero-order chi connectivity index (χ0) is 16.0. The number of aromatic nitrogens is 4. The van der Waals surface area contributed by atoms with Crippen LogP contribution in [0.15, 0.2) is 29.0 Å². The van der Waals surface area contributed by atoms with E-state index in [1.165, 1.54) is 5.56 Å². The van der Waals surface area contributed by atoms with Crippen molar-refractivity contribution in [3.63, 3.8) is 0 Å². The summed E-state index contributed by atoms with van der Waals surface area (Å²) in [5.41, 5.74) is 1.67. The second-order valence-corrected chi connectivity index (χ2v) is 6.59. The molecule has 4 rings (SSSR count). The third-order valence-electron chi connectivity index (χ3n) is 4.35. The first-order chi connectivity index (χ1) is 11.1. The van der Waals surface area contributed by atoms with Gasteiger partial charge in [0, 0.05) is 18.5 Å². The van der Waals surface area contributed by atoms with Crippen molar-refractivity contribution in [2.75, 3.05) is 11.4 Å². The number of anilines is 1. The minimum absolute atomic E-state index is 0.302. The first-order valence-electron chi connectivity index (χ1n) is 7.42. The summed E-state index contributed by atoms with van der Waals surface area (Å²) in [7, 11) is 0. The molecule has 0 amide bonds. The van der Waals surface area contributed by atoms with Crippen LogP contribution in [-0.2, 0) is 0 Å². The predicted molar refractivity (Wildman–Crippen MR) is 84.2 cm³/mol. The lowest BCUT2D eigenvalue weighted by Gasteiger charge is -2.22. The fraction of sp³-hybridized carbons (Fsp3) is 0.400. The molecule has 0 saturated carbocycles. The van der Waals surface area contributed by atoms with Crippen molar-refractivity contribution in [2.24, 2.45) is 0 Å². The maximum absolute atomic E-state index is 13.0. The lowest BCUT2D eigenvalue weighted by atomic mass is 10.00. The highest BCUT2D eigenvalue weighted by molar-refractivity contribution is 7.08. The molecule has 1 aliphatic rings. The van der Waals surface area contributed by atoms with Crippen LogP contribution >= 0.6 is 11.3 Å². The third-order valence-corrected chi connectivity index (χ3v) is 5.05. The van der Waals surface area contributed by atoms with Gasteiger partial charge in [-0.05, 0) is 47.9 Å². The van der Waals surface area contributed by atoms with Crippen molar-refractivity contribution in [3.05, 3.63) is 40.3 Å². The maximum Gasteiger partial charge on any atom is 0.299 e. The number of rotatable bonds is 3. The quantitative estimate of drug-likeness (QED) is 0.735. The Kier molecular flexibility index (Phi) is 3.48. The zero-order valence-corrected chi connectivity index (χ0v) is 13.2. The molecule has 2 unspecified atom stereocenters. The van der Waals surface area contributed by atoms with Crippen molar-refractivity contribution in [3.8, 4) is 0 Å². The molecule has 3 aromatic heterocycles. The Morgan fingerprint density at radius 3 is 2.87 bits per heavy atom. The van der Waals surface area contributed by atoms with Crippen molar-refractivity contribution in [1.29, 1.82) is 0 Å². The summed E-state index contributed by atoms with van der Waals surface area (Å²) >= 11 is 1.69. The van der Waals surface area contributed by atoms with Crippen LogP contribution < -0.4 is 4.90 Å². The van der Waals surface area contributed by atoms with Gasteiger partial charge in [-0.15, -0.1) is 15.3 Å². The molecule has 8 heteroatoms. The topological polar surface area (TPSA) is 46.3 Å². The second kappa shape index (κ2) is 5.52.